The molecule has 35 heavy (non-hydrogen) atoms. The second kappa shape index (κ2) is 10.7. The Bertz CT molecular complexity index is 1350. The average Bonchev–Trinajstić information content (AvgIpc) is 2.88. The van der Waals surface area contributed by atoms with Crippen LogP contribution in [-0.4, -0.2) is 28.4 Å². The van der Waals surface area contributed by atoms with Crippen LogP contribution in [0.1, 0.15) is 26.4 Å². The molecule has 1 aromatic heterocycles. The Morgan fingerprint density at radius 3 is 2.31 bits per heavy atom. The van der Waals surface area contributed by atoms with Crippen molar-refractivity contribution in [2.24, 2.45) is 0 Å². The van der Waals surface area contributed by atoms with E-state index in [2.05, 4.69) is 11.6 Å². The van der Waals surface area contributed by atoms with E-state index in [1.807, 2.05) is 23.1 Å². The summed E-state index contributed by atoms with van der Waals surface area (Å²) in [4.78, 5) is 31.2. The number of hydrogen-bond donors (Lipinski definition) is 1. The number of ketones is 1. The number of carbonyl (C=O) groups excluding carboxylic acids is 1. The Kier molecular flexibility index (Phi) is 7.24. The number of ether oxygens (including phenoxy) is 1. The molecule has 0 amide bonds. The molecule has 3 aromatic carbocycles. The lowest BCUT2D eigenvalue weighted by molar-refractivity contribution is 0.0694. The molecule has 7 heteroatoms. The third kappa shape index (κ3) is 5.57. The number of hydrogen-bond acceptors (Lipinski definition) is 5. The number of nitrogens with zero attached hydrogens (tertiary/aromatic N) is 2. The van der Waals surface area contributed by atoms with Gasteiger partial charge in [0.1, 0.15) is 22.8 Å². The van der Waals surface area contributed by atoms with Crippen molar-refractivity contribution >= 4 is 34.7 Å². The number of para-hydroxylation sites is 1. The molecule has 0 atom stereocenters. The zero-order chi connectivity index (χ0) is 24.8. The Balaban J connectivity index is 1.59. The van der Waals surface area contributed by atoms with Crippen molar-refractivity contribution < 1.29 is 19.4 Å². The third-order valence-corrected chi connectivity index (χ3v) is 5.44. The summed E-state index contributed by atoms with van der Waals surface area (Å²) >= 11 is 6.00. The van der Waals surface area contributed by atoms with E-state index in [0.717, 1.165) is 11.4 Å². The van der Waals surface area contributed by atoms with Crippen LogP contribution in [0.4, 0.5) is 11.4 Å². The summed E-state index contributed by atoms with van der Waals surface area (Å²) in [5.74, 6) is -0.952. The van der Waals surface area contributed by atoms with Crippen molar-refractivity contribution in [2.45, 2.75) is 0 Å². The molecule has 0 radical (unpaired) electrons. The SMILES string of the molecule is C=CCN(c1ccc(Cl)cc1)c1ccc(C(=O)c2ccc(Oc3ccccc3)c(C(=O)O)c2)nc1. The minimum absolute atomic E-state index is 0.115. The second-order valence-corrected chi connectivity index (χ2v) is 7.97. The highest BCUT2D eigenvalue weighted by atomic mass is 35.5. The predicted molar refractivity (Wildman–Crippen MR) is 136 cm³/mol. The first kappa shape index (κ1) is 23.7. The third-order valence-electron chi connectivity index (χ3n) is 5.19. The maximum absolute atomic E-state index is 13.1. The van der Waals surface area contributed by atoms with Gasteiger partial charge in [-0.05, 0) is 66.7 Å². The largest absolute Gasteiger partial charge is 0.478 e. The van der Waals surface area contributed by atoms with Crippen LogP contribution in [0.5, 0.6) is 11.5 Å². The number of halogens is 1. The molecule has 4 rings (SSSR count). The van der Waals surface area contributed by atoms with Crippen molar-refractivity contribution in [2.75, 3.05) is 11.4 Å². The number of pyridine rings is 1. The van der Waals surface area contributed by atoms with E-state index < -0.39 is 11.8 Å². The van der Waals surface area contributed by atoms with E-state index >= 15 is 0 Å². The maximum atomic E-state index is 13.1. The van der Waals surface area contributed by atoms with Crippen molar-refractivity contribution in [1.29, 1.82) is 0 Å². The summed E-state index contributed by atoms with van der Waals surface area (Å²) in [6.07, 6.45) is 3.36. The number of rotatable bonds is 9. The summed E-state index contributed by atoms with van der Waals surface area (Å²) in [7, 11) is 0. The van der Waals surface area contributed by atoms with Crippen molar-refractivity contribution in [3.63, 3.8) is 0 Å². The first-order valence-electron chi connectivity index (χ1n) is 10.7. The van der Waals surface area contributed by atoms with E-state index in [1.165, 1.54) is 18.2 Å². The zero-order valence-corrected chi connectivity index (χ0v) is 19.4. The number of anilines is 2. The van der Waals surface area contributed by atoms with Crippen molar-refractivity contribution in [3.8, 4) is 11.5 Å². The number of benzene rings is 3. The molecule has 0 saturated heterocycles. The van der Waals surface area contributed by atoms with Crippen LogP contribution >= 0.6 is 11.6 Å². The molecule has 1 N–H and O–H groups in total. The summed E-state index contributed by atoms with van der Waals surface area (Å²) in [6, 6.07) is 23.9. The van der Waals surface area contributed by atoms with Gasteiger partial charge < -0.3 is 14.7 Å². The van der Waals surface area contributed by atoms with Crippen LogP contribution in [0.2, 0.25) is 5.02 Å². The molecule has 174 valence electrons. The number of carboxylic acid groups (broad SMARTS) is 1. The quantitative estimate of drug-likeness (QED) is 0.208. The Labute approximate surface area is 207 Å². The summed E-state index contributed by atoms with van der Waals surface area (Å²) in [6.45, 7) is 4.34. The first-order chi connectivity index (χ1) is 17.0. The lowest BCUT2D eigenvalue weighted by Crippen LogP contribution is -2.17. The van der Waals surface area contributed by atoms with Crippen LogP contribution in [-0.2, 0) is 0 Å². The van der Waals surface area contributed by atoms with E-state index in [0.29, 0.717) is 17.3 Å². The molecule has 0 fully saturated rings. The molecule has 4 aromatic rings. The second-order valence-electron chi connectivity index (χ2n) is 7.54. The molecule has 0 aliphatic heterocycles. The minimum Gasteiger partial charge on any atom is -0.478 e. The Hall–Kier alpha value is -4.42. The Morgan fingerprint density at radius 1 is 0.971 bits per heavy atom. The molecule has 0 bridgehead atoms. The molecule has 6 nitrogen and oxygen atoms in total. The van der Waals surface area contributed by atoms with Crippen LogP contribution < -0.4 is 9.64 Å². The highest BCUT2D eigenvalue weighted by Gasteiger charge is 2.18. The molecule has 0 unspecified atom stereocenters. The topological polar surface area (TPSA) is 79.7 Å². The zero-order valence-electron chi connectivity index (χ0n) is 18.6. The fourth-order valence-corrected chi connectivity index (χ4v) is 3.61. The fourth-order valence-electron chi connectivity index (χ4n) is 3.48. The molecular formula is C28H21ClN2O4. The molecule has 1 heterocycles. The van der Waals surface area contributed by atoms with Gasteiger partial charge in [-0.15, -0.1) is 6.58 Å². The van der Waals surface area contributed by atoms with E-state index in [-0.39, 0.29) is 22.6 Å². The number of aromatic carboxylic acids is 1. The molecule has 0 aliphatic rings. The summed E-state index contributed by atoms with van der Waals surface area (Å²) in [5, 5.41) is 10.3. The van der Waals surface area contributed by atoms with Gasteiger partial charge in [-0.25, -0.2) is 4.79 Å². The number of aromatic nitrogens is 1. The number of carbonyl (C=O) groups is 2. The van der Waals surface area contributed by atoms with E-state index in [9.17, 15) is 14.7 Å². The normalized spacial score (nSPS) is 10.4. The summed E-state index contributed by atoms with van der Waals surface area (Å²) in [5.41, 5.74) is 1.94. The lowest BCUT2D eigenvalue weighted by Gasteiger charge is -2.23. The monoisotopic (exact) mass is 484 g/mol. The van der Waals surface area contributed by atoms with E-state index in [1.54, 1.807) is 60.8 Å². The average molecular weight is 485 g/mol. The van der Waals surface area contributed by atoms with Crippen LogP contribution in [0.15, 0.2) is 104 Å². The fraction of sp³-hybridized carbons (Fsp3) is 0.0357. The van der Waals surface area contributed by atoms with Crippen LogP contribution in [0.25, 0.3) is 0 Å². The van der Waals surface area contributed by atoms with Gasteiger partial charge in [0, 0.05) is 22.8 Å². The number of carboxylic acids is 1. The molecule has 0 spiro atoms. The van der Waals surface area contributed by atoms with Crippen LogP contribution in [0.3, 0.4) is 0 Å². The van der Waals surface area contributed by atoms with Gasteiger partial charge in [-0.1, -0.05) is 35.9 Å². The minimum atomic E-state index is -1.20. The van der Waals surface area contributed by atoms with Crippen molar-refractivity contribution in [3.05, 3.63) is 126 Å². The maximum Gasteiger partial charge on any atom is 0.339 e. The molecule has 0 aliphatic carbocycles. The van der Waals surface area contributed by atoms with Gasteiger partial charge in [0.15, 0.2) is 0 Å². The smallest absolute Gasteiger partial charge is 0.339 e. The lowest BCUT2D eigenvalue weighted by atomic mass is 10.0. The highest BCUT2D eigenvalue weighted by Crippen LogP contribution is 2.29. The van der Waals surface area contributed by atoms with Gasteiger partial charge >= 0.3 is 5.97 Å². The van der Waals surface area contributed by atoms with Gasteiger partial charge in [0.05, 0.1) is 11.9 Å². The molecular weight excluding hydrogens is 464 g/mol. The van der Waals surface area contributed by atoms with Gasteiger partial charge in [0.25, 0.3) is 0 Å². The van der Waals surface area contributed by atoms with Crippen LogP contribution in [0, 0.1) is 0 Å². The predicted octanol–water partition coefficient (Wildman–Crippen LogP) is 6.78. The summed E-state index contributed by atoms with van der Waals surface area (Å²) < 4.78 is 5.70. The Morgan fingerprint density at radius 2 is 1.69 bits per heavy atom. The standard InChI is InChI=1S/C28H21ClN2O4/c1-2-16-31(21-11-9-20(29)10-12-21)22-13-14-25(30-18-22)27(32)19-8-15-26(24(17-19)28(33)34)35-23-6-4-3-5-7-23/h2-15,17-18H,1,16H2,(H,33,34). The molecule has 0 saturated carbocycles. The van der Waals surface area contributed by atoms with Gasteiger partial charge in [0.2, 0.25) is 5.78 Å². The first-order valence-corrected chi connectivity index (χ1v) is 11.1. The highest BCUT2D eigenvalue weighted by molar-refractivity contribution is 6.30. The van der Waals surface area contributed by atoms with E-state index in [4.69, 9.17) is 16.3 Å². The van der Waals surface area contributed by atoms with Crippen molar-refractivity contribution in [1.82, 2.24) is 4.98 Å². The van der Waals surface area contributed by atoms with Gasteiger partial charge in [-0.2, -0.15) is 0 Å². The van der Waals surface area contributed by atoms with Gasteiger partial charge in [-0.3, -0.25) is 9.78 Å².